The number of nitrogens with zero attached hydrogens (tertiary/aromatic N) is 5. The summed E-state index contributed by atoms with van der Waals surface area (Å²) >= 11 is 2.24. The quantitative estimate of drug-likeness (QED) is 0.719. The minimum absolute atomic E-state index is 0.157. The number of hydrogen-bond donors (Lipinski definition) is 1. The molecular weight excluding hydrogens is 379 g/mol. The van der Waals surface area contributed by atoms with Crippen molar-refractivity contribution in [3.63, 3.8) is 0 Å². The van der Waals surface area contributed by atoms with Gasteiger partial charge in [0.05, 0.1) is 23.4 Å². The predicted octanol–water partition coefficient (Wildman–Crippen LogP) is 2.92. The van der Waals surface area contributed by atoms with Crippen molar-refractivity contribution in [3.8, 4) is 5.69 Å². The van der Waals surface area contributed by atoms with E-state index in [1.807, 2.05) is 0 Å². The van der Waals surface area contributed by atoms with Crippen LogP contribution in [0.1, 0.15) is 11.3 Å². The maximum absolute atomic E-state index is 12.8. The first-order valence-electron chi connectivity index (χ1n) is 6.63. The van der Waals surface area contributed by atoms with E-state index in [1.165, 1.54) is 23.5 Å². The van der Waals surface area contributed by atoms with Gasteiger partial charge in [0.2, 0.25) is 5.16 Å². The van der Waals surface area contributed by atoms with Gasteiger partial charge in [-0.3, -0.25) is 4.79 Å². The van der Waals surface area contributed by atoms with Crippen LogP contribution in [0.2, 0.25) is 0 Å². The number of alkyl halides is 3. The van der Waals surface area contributed by atoms with E-state index >= 15 is 0 Å². The Morgan fingerprint density at radius 1 is 1.36 bits per heavy atom. The Labute approximate surface area is 146 Å². The molecule has 1 aromatic carbocycles. The number of halogens is 3. The number of carboxylic acid groups (broad SMARTS) is 1. The summed E-state index contributed by atoms with van der Waals surface area (Å²) in [5.41, 5.74) is -0.267. The number of aromatic nitrogens is 5. The molecule has 25 heavy (non-hydrogen) atoms. The lowest BCUT2D eigenvalue weighted by Gasteiger charge is -2.08. The number of rotatable bonds is 5. The fourth-order valence-electron chi connectivity index (χ4n) is 1.87. The minimum atomic E-state index is -4.47. The fraction of sp³-hybridized carbons (Fsp3) is 0.154. The van der Waals surface area contributed by atoms with Crippen LogP contribution in [0.25, 0.3) is 5.69 Å². The molecule has 130 valence electrons. The number of benzene rings is 1. The van der Waals surface area contributed by atoms with Crippen LogP contribution in [0.15, 0.2) is 39.1 Å². The summed E-state index contributed by atoms with van der Waals surface area (Å²) in [7, 11) is 0. The summed E-state index contributed by atoms with van der Waals surface area (Å²) in [6.45, 7) is 0. The van der Waals surface area contributed by atoms with E-state index in [2.05, 4.69) is 20.5 Å². The van der Waals surface area contributed by atoms with Gasteiger partial charge in [-0.2, -0.15) is 17.9 Å². The summed E-state index contributed by atoms with van der Waals surface area (Å²) in [5, 5.41) is 21.5. The normalized spacial score (nSPS) is 11.6. The molecule has 0 aliphatic carbocycles. The largest absolute Gasteiger partial charge is 0.481 e. The standard InChI is InChI=1S/C13H8F3N5O2S2/c14-13(15,16)7-2-1-3-9(4-7)21-11(18-19-20-21)25-12-17-8(6-24-12)5-10(22)23/h1-4,6H,5H2,(H,22,23). The maximum Gasteiger partial charge on any atom is 0.416 e. The molecule has 0 unspecified atom stereocenters. The molecule has 3 rings (SSSR count). The second-order valence-electron chi connectivity index (χ2n) is 4.70. The highest BCUT2D eigenvalue weighted by atomic mass is 32.2. The Balaban J connectivity index is 1.86. The van der Waals surface area contributed by atoms with Gasteiger partial charge >= 0.3 is 12.1 Å². The highest BCUT2D eigenvalue weighted by molar-refractivity contribution is 8.00. The molecule has 2 heterocycles. The predicted molar refractivity (Wildman–Crippen MR) is 81.7 cm³/mol. The average Bonchev–Trinajstić information content (AvgIpc) is 3.16. The molecule has 0 bridgehead atoms. The van der Waals surface area contributed by atoms with Gasteiger partial charge < -0.3 is 5.11 Å². The lowest BCUT2D eigenvalue weighted by Crippen LogP contribution is -2.07. The van der Waals surface area contributed by atoms with Gasteiger partial charge in [-0.25, -0.2) is 4.98 Å². The van der Waals surface area contributed by atoms with Gasteiger partial charge in [0.15, 0.2) is 4.34 Å². The Bertz CT molecular complexity index is 909. The molecule has 3 aromatic rings. The first-order chi connectivity index (χ1) is 11.8. The van der Waals surface area contributed by atoms with Crippen molar-refractivity contribution in [2.24, 2.45) is 0 Å². The van der Waals surface area contributed by atoms with Gasteiger partial charge in [0.1, 0.15) is 0 Å². The van der Waals surface area contributed by atoms with Crippen molar-refractivity contribution in [1.82, 2.24) is 25.2 Å². The number of thiazole rings is 1. The van der Waals surface area contributed by atoms with Crippen LogP contribution in [0.5, 0.6) is 0 Å². The van der Waals surface area contributed by atoms with Gasteiger partial charge in [-0.05, 0) is 40.4 Å². The van der Waals surface area contributed by atoms with E-state index in [4.69, 9.17) is 5.11 Å². The Morgan fingerprint density at radius 3 is 2.88 bits per heavy atom. The van der Waals surface area contributed by atoms with Crippen molar-refractivity contribution < 1.29 is 23.1 Å². The number of hydrogen-bond acceptors (Lipinski definition) is 7. The van der Waals surface area contributed by atoms with E-state index in [9.17, 15) is 18.0 Å². The molecule has 0 spiro atoms. The van der Waals surface area contributed by atoms with Crippen LogP contribution in [0, 0.1) is 0 Å². The van der Waals surface area contributed by atoms with Crippen LogP contribution in [0.3, 0.4) is 0 Å². The third-order valence-electron chi connectivity index (χ3n) is 2.90. The van der Waals surface area contributed by atoms with Crippen molar-refractivity contribution in [3.05, 3.63) is 40.9 Å². The molecule has 1 N–H and O–H groups in total. The van der Waals surface area contributed by atoms with Crippen molar-refractivity contribution in [1.29, 1.82) is 0 Å². The minimum Gasteiger partial charge on any atom is -0.481 e. The highest BCUT2D eigenvalue weighted by Gasteiger charge is 2.30. The molecule has 2 aromatic heterocycles. The SMILES string of the molecule is O=C(O)Cc1csc(Sc2nnnn2-c2cccc(C(F)(F)F)c2)n1. The van der Waals surface area contributed by atoms with Crippen LogP contribution >= 0.6 is 23.1 Å². The van der Waals surface area contributed by atoms with Crippen molar-refractivity contribution >= 4 is 29.1 Å². The van der Waals surface area contributed by atoms with Crippen LogP contribution in [0.4, 0.5) is 13.2 Å². The number of carboxylic acids is 1. The van der Waals surface area contributed by atoms with Gasteiger partial charge in [-0.15, -0.1) is 16.4 Å². The zero-order valence-corrected chi connectivity index (χ0v) is 13.8. The van der Waals surface area contributed by atoms with E-state index in [0.717, 1.165) is 28.6 Å². The third-order valence-corrected chi connectivity index (χ3v) is 4.83. The molecular formula is C13H8F3N5O2S2. The molecule has 7 nitrogen and oxygen atoms in total. The first kappa shape index (κ1) is 17.4. The van der Waals surface area contributed by atoms with E-state index in [0.29, 0.717) is 10.0 Å². The number of carbonyl (C=O) groups is 1. The van der Waals surface area contributed by atoms with Gasteiger partial charge in [0.25, 0.3) is 0 Å². The number of aliphatic carboxylic acids is 1. The first-order valence-corrected chi connectivity index (χ1v) is 8.32. The number of tetrazole rings is 1. The molecule has 12 heteroatoms. The Morgan fingerprint density at radius 2 is 2.16 bits per heavy atom. The molecule has 0 amide bonds. The maximum atomic E-state index is 12.8. The lowest BCUT2D eigenvalue weighted by atomic mass is 10.2. The van der Waals surface area contributed by atoms with Crippen LogP contribution in [-0.4, -0.2) is 36.3 Å². The van der Waals surface area contributed by atoms with Gasteiger partial charge in [0, 0.05) is 5.38 Å². The summed E-state index contributed by atoms with van der Waals surface area (Å²) < 4.78 is 40.2. The monoisotopic (exact) mass is 387 g/mol. The summed E-state index contributed by atoms with van der Waals surface area (Å²) in [5.74, 6) is -1.00. The van der Waals surface area contributed by atoms with Crippen LogP contribution < -0.4 is 0 Å². The third kappa shape index (κ3) is 4.14. The average molecular weight is 387 g/mol. The smallest absolute Gasteiger partial charge is 0.416 e. The molecule has 0 fully saturated rings. The fourth-order valence-corrected chi connectivity index (χ4v) is 3.60. The molecule has 0 atom stereocenters. The van der Waals surface area contributed by atoms with E-state index in [1.54, 1.807) is 5.38 Å². The molecule has 0 saturated carbocycles. The van der Waals surface area contributed by atoms with Crippen molar-refractivity contribution in [2.45, 2.75) is 22.1 Å². The second kappa shape index (κ2) is 6.80. The molecule has 0 radical (unpaired) electrons. The second-order valence-corrected chi connectivity index (χ2v) is 6.77. The van der Waals surface area contributed by atoms with E-state index in [-0.39, 0.29) is 17.3 Å². The summed E-state index contributed by atoms with van der Waals surface area (Å²) in [4.78, 5) is 14.8. The summed E-state index contributed by atoms with van der Waals surface area (Å²) in [6.07, 6.45) is -4.69. The Hall–Kier alpha value is -2.47. The van der Waals surface area contributed by atoms with Crippen LogP contribution in [-0.2, 0) is 17.4 Å². The summed E-state index contributed by atoms with van der Waals surface area (Å²) in [6, 6.07) is 4.62. The van der Waals surface area contributed by atoms with Crippen molar-refractivity contribution in [2.75, 3.05) is 0 Å². The molecule has 0 aliphatic rings. The lowest BCUT2D eigenvalue weighted by molar-refractivity contribution is -0.138. The Kier molecular flexibility index (Phi) is 4.72. The highest BCUT2D eigenvalue weighted by Crippen LogP contribution is 2.32. The van der Waals surface area contributed by atoms with E-state index < -0.39 is 17.7 Å². The van der Waals surface area contributed by atoms with Gasteiger partial charge in [-0.1, -0.05) is 6.07 Å². The topological polar surface area (TPSA) is 93.8 Å². The zero-order chi connectivity index (χ0) is 18.0. The molecule has 0 aliphatic heterocycles. The zero-order valence-electron chi connectivity index (χ0n) is 12.1. The molecule has 0 saturated heterocycles.